The molecule has 1 atom stereocenters. The first-order valence-corrected chi connectivity index (χ1v) is 9.45. The first kappa shape index (κ1) is 18.3. The van der Waals surface area contributed by atoms with Crippen molar-refractivity contribution in [2.45, 2.75) is 26.2 Å². The molecule has 0 spiro atoms. The highest BCUT2D eigenvalue weighted by Crippen LogP contribution is 2.32. The molecule has 26 heavy (non-hydrogen) atoms. The van der Waals surface area contributed by atoms with Crippen molar-refractivity contribution < 1.29 is 14.3 Å². The van der Waals surface area contributed by atoms with E-state index in [1.807, 2.05) is 24.3 Å². The maximum atomic E-state index is 12.3. The van der Waals surface area contributed by atoms with Crippen LogP contribution in [0.15, 0.2) is 30.3 Å². The van der Waals surface area contributed by atoms with E-state index in [4.69, 9.17) is 4.74 Å². The Kier molecular flexibility index (Phi) is 5.78. The number of ether oxygens (including phenoxy) is 1. The molecule has 0 bridgehead atoms. The number of nitrogens with one attached hydrogen (secondary N) is 3. The number of methoxy groups -OCH3 is 1. The summed E-state index contributed by atoms with van der Waals surface area (Å²) in [5, 5.41) is 2.99. The topological polar surface area (TPSA) is 79.5 Å². The quantitative estimate of drug-likeness (QED) is 0.704. The highest BCUT2D eigenvalue weighted by atomic mass is 32.1. The first-order valence-electron chi connectivity index (χ1n) is 8.64. The number of thiophene rings is 1. The number of amides is 2. The van der Waals surface area contributed by atoms with Crippen molar-refractivity contribution in [3.63, 3.8) is 0 Å². The lowest BCUT2D eigenvalue weighted by atomic mass is 9.90. The molecule has 3 N–H and O–H groups in total. The van der Waals surface area contributed by atoms with E-state index in [2.05, 4.69) is 23.1 Å². The maximum Gasteiger partial charge on any atom is 0.279 e. The number of benzene rings is 1. The predicted octanol–water partition coefficient (Wildman–Crippen LogP) is 2.75. The van der Waals surface area contributed by atoms with Gasteiger partial charge in [-0.3, -0.25) is 20.4 Å². The van der Waals surface area contributed by atoms with Crippen LogP contribution in [0.4, 0.5) is 5.69 Å². The van der Waals surface area contributed by atoms with E-state index in [1.54, 1.807) is 13.2 Å². The molecule has 3 rings (SSSR count). The second-order valence-corrected chi connectivity index (χ2v) is 7.63. The van der Waals surface area contributed by atoms with Crippen molar-refractivity contribution >= 4 is 28.8 Å². The van der Waals surface area contributed by atoms with Crippen molar-refractivity contribution in [3.8, 4) is 5.75 Å². The summed E-state index contributed by atoms with van der Waals surface area (Å²) in [5.74, 6) is 0.776. The Morgan fingerprint density at radius 2 is 2.12 bits per heavy atom. The molecule has 7 heteroatoms. The summed E-state index contributed by atoms with van der Waals surface area (Å²) in [5.41, 5.74) is 6.97. The third-order valence-corrected chi connectivity index (χ3v) is 5.63. The molecule has 1 aromatic carbocycles. The van der Waals surface area contributed by atoms with Gasteiger partial charge >= 0.3 is 0 Å². The van der Waals surface area contributed by atoms with E-state index in [0.717, 1.165) is 18.5 Å². The average Bonchev–Trinajstić information content (AvgIpc) is 3.07. The number of carbonyl (C=O) groups is 2. The smallest absolute Gasteiger partial charge is 0.279 e. The van der Waals surface area contributed by atoms with Gasteiger partial charge in [0.2, 0.25) is 0 Å². The van der Waals surface area contributed by atoms with Gasteiger partial charge in [0, 0.05) is 16.6 Å². The third-order valence-electron chi connectivity index (χ3n) is 4.39. The molecule has 0 saturated carbocycles. The van der Waals surface area contributed by atoms with Gasteiger partial charge in [-0.25, -0.2) is 0 Å². The zero-order valence-electron chi connectivity index (χ0n) is 14.9. The molecule has 1 aliphatic rings. The number of hydrazine groups is 1. The number of hydrogen-bond donors (Lipinski definition) is 3. The first-order chi connectivity index (χ1) is 12.5. The lowest BCUT2D eigenvalue weighted by Gasteiger charge is -2.16. The van der Waals surface area contributed by atoms with Crippen LogP contribution in [0.3, 0.4) is 0 Å². The van der Waals surface area contributed by atoms with Crippen LogP contribution in [0.5, 0.6) is 5.75 Å². The lowest BCUT2D eigenvalue weighted by Crippen LogP contribution is -2.43. The number of fused-ring (bicyclic) bond motifs is 1. The Balaban J connectivity index is 1.47. The Morgan fingerprint density at radius 1 is 1.27 bits per heavy atom. The van der Waals surface area contributed by atoms with Gasteiger partial charge in [0.1, 0.15) is 5.75 Å². The van der Waals surface area contributed by atoms with Crippen molar-refractivity contribution in [1.29, 1.82) is 0 Å². The normalized spacial score (nSPS) is 15.7. The highest BCUT2D eigenvalue weighted by Gasteiger charge is 2.20. The predicted molar refractivity (Wildman–Crippen MR) is 103 cm³/mol. The van der Waals surface area contributed by atoms with Crippen LogP contribution < -0.4 is 20.9 Å². The molecule has 0 fully saturated rings. The third kappa shape index (κ3) is 4.54. The minimum Gasteiger partial charge on any atom is -0.497 e. The largest absolute Gasteiger partial charge is 0.497 e. The molecule has 1 heterocycles. The van der Waals surface area contributed by atoms with Gasteiger partial charge in [-0.2, -0.15) is 0 Å². The minimum absolute atomic E-state index is 0.0475. The van der Waals surface area contributed by atoms with Gasteiger partial charge in [0.05, 0.1) is 18.5 Å². The molecular formula is C19H23N3O3S. The summed E-state index contributed by atoms with van der Waals surface area (Å²) in [7, 11) is 1.59. The molecule has 1 aromatic heterocycles. The molecule has 6 nitrogen and oxygen atoms in total. The Morgan fingerprint density at radius 3 is 2.92 bits per heavy atom. The molecule has 2 amide bonds. The minimum atomic E-state index is -0.323. The fourth-order valence-electron chi connectivity index (χ4n) is 2.97. The van der Waals surface area contributed by atoms with Crippen molar-refractivity contribution in [1.82, 2.24) is 10.9 Å². The van der Waals surface area contributed by atoms with Gasteiger partial charge in [0.15, 0.2) is 0 Å². The Labute approximate surface area is 156 Å². The molecule has 1 unspecified atom stereocenters. The van der Waals surface area contributed by atoms with Crippen LogP contribution in [0.25, 0.3) is 0 Å². The summed E-state index contributed by atoms with van der Waals surface area (Å²) < 4.78 is 5.13. The van der Waals surface area contributed by atoms with Gasteiger partial charge < -0.3 is 10.1 Å². The van der Waals surface area contributed by atoms with Gasteiger partial charge in [-0.1, -0.05) is 13.0 Å². The fraction of sp³-hybridized carbons (Fsp3) is 0.368. The van der Waals surface area contributed by atoms with E-state index in [0.29, 0.717) is 16.5 Å². The zero-order chi connectivity index (χ0) is 18.5. The SMILES string of the molecule is COc1cccc(NCC(=O)NNC(=O)c2cc3c(s2)CCC(C)C3)c1. The maximum absolute atomic E-state index is 12.3. The number of hydrogen-bond acceptors (Lipinski definition) is 5. The van der Waals surface area contributed by atoms with Gasteiger partial charge in [-0.15, -0.1) is 11.3 Å². The van der Waals surface area contributed by atoms with Crippen LogP contribution in [-0.4, -0.2) is 25.5 Å². The van der Waals surface area contributed by atoms with Crippen LogP contribution in [0.2, 0.25) is 0 Å². The molecule has 1 aliphatic carbocycles. The Bertz CT molecular complexity index is 803. The monoisotopic (exact) mass is 373 g/mol. The average molecular weight is 373 g/mol. The molecule has 0 saturated heterocycles. The summed E-state index contributed by atoms with van der Waals surface area (Å²) in [6.07, 6.45) is 3.22. The van der Waals surface area contributed by atoms with E-state index in [9.17, 15) is 9.59 Å². The molecule has 0 radical (unpaired) electrons. The number of rotatable bonds is 5. The van der Waals surface area contributed by atoms with E-state index < -0.39 is 0 Å². The summed E-state index contributed by atoms with van der Waals surface area (Å²) in [6, 6.07) is 9.24. The fourth-order valence-corrected chi connectivity index (χ4v) is 4.07. The van der Waals surface area contributed by atoms with Crippen LogP contribution in [0, 0.1) is 5.92 Å². The van der Waals surface area contributed by atoms with Gasteiger partial charge in [0.25, 0.3) is 11.8 Å². The number of carbonyl (C=O) groups excluding carboxylic acids is 2. The zero-order valence-corrected chi connectivity index (χ0v) is 15.7. The molecular weight excluding hydrogens is 350 g/mol. The number of aryl methyl sites for hydroxylation is 1. The highest BCUT2D eigenvalue weighted by molar-refractivity contribution is 7.14. The summed E-state index contributed by atoms with van der Waals surface area (Å²) in [6.45, 7) is 2.28. The molecule has 2 aromatic rings. The molecule has 0 aliphatic heterocycles. The van der Waals surface area contributed by atoms with E-state index in [1.165, 1.54) is 28.2 Å². The van der Waals surface area contributed by atoms with Gasteiger partial charge in [-0.05, 0) is 48.9 Å². The summed E-state index contributed by atoms with van der Waals surface area (Å²) >= 11 is 1.52. The summed E-state index contributed by atoms with van der Waals surface area (Å²) in [4.78, 5) is 26.1. The number of anilines is 1. The molecule has 138 valence electrons. The van der Waals surface area contributed by atoms with E-state index in [-0.39, 0.29) is 18.4 Å². The lowest BCUT2D eigenvalue weighted by molar-refractivity contribution is -0.120. The van der Waals surface area contributed by atoms with Crippen LogP contribution in [0.1, 0.15) is 33.5 Å². The van der Waals surface area contributed by atoms with Crippen molar-refractivity contribution in [3.05, 3.63) is 45.6 Å². The van der Waals surface area contributed by atoms with Crippen LogP contribution in [-0.2, 0) is 17.6 Å². The van der Waals surface area contributed by atoms with Crippen molar-refractivity contribution in [2.75, 3.05) is 19.0 Å². The second-order valence-electron chi connectivity index (χ2n) is 6.49. The standard InChI is InChI=1S/C19H23N3O3S/c1-12-6-7-16-13(8-12)9-17(26-16)19(24)22-21-18(23)11-20-14-4-3-5-15(10-14)25-2/h3-5,9-10,12,20H,6-8,11H2,1-2H3,(H,21,23)(H,22,24). The van der Waals surface area contributed by atoms with Crippen molar-refractivity contribution in [2.24, 2.45) is 5.92 Å². The van der Waals surface area contributed by atoms with Crippen LogP contribution >= 0.6 is 11.3 Å². The van der Waals surface area contributed by atoms with E-state index >= 15 is 0 Å². The Hall–Kier alpha value is -2.54. The second kappa shape index (κ2) is 8.23.